The Morgan fingerprint density at radius 3 is 2.97 bits per heavy atom. The molecule has 3 rings (SSSR count). The molecule has 0 spiro atoms. The van der Waals surface area contributed by atoms with Crippen LogP contribution >= 0.6 is 22.9 Å². The van der Waals surface area contributed by atoms with Gasteiger partial charge >= 0.3 is 5.97 Å². The van der Waals surface area contributed by atoms with Crippen LogP contribution in [0.25, 0.3) is 10.1 Å². The summed E-state index contributed by atoms with van der Waals surface area (Å²) < 4.78 is 5.79. The quantitative estimate of drug-likeness (QED) is 0.272. The lowest BCUT2D eigenvalue weighted by atomic mass is 10.1. The Kier molecular flexibility index (Phi) is 9.33. The Labute approximate surface area is 198 Å². The number of aliphatic hydroxyl groups is 1. The number of halogens is 1. The largest absolute Gasteiger partial charge is 0.469 e. The molecular weight excluding hydrogens is 446 g/mol. The third kappa shape index (κ3) is 6.67. The Morgan fingerprint density at radius 2 is 2.19 bits per heavy atom. The van der Waals surface area contributed by atoms with Crippen LogP contribution in [0.4, 0.5) is 0 Å². The second-order valence-corrected chi connectivity index (χ2v) is 9.43. The van der Waals surface area contributed by atoms with Crippen molar-refractivity contribution in [3.8, 4) is 0 Å². The first kappa shape index (κ1) is 24.5. The molecule has 1 N–H and O–H groups in total. The first-order valence-electron chi connectivity index (χ1n) is 11.0. The molecule has 1 aromatic heterocycles. The van der Waals surface area contributed by atoms with Crippen LogP contribution in [0.3, 0.4) is 0 Å². The minimum absolute atomic E-state index is 0.00443. The van der Waals surface area contributed by atoms with Crippen molar-refractivity contribution >= 4 is 44.9 Å². The van der Waals surface area contributed by atoms with Crippen molar-refractivity contribution in [1.29, 1.82) is 0 Å². The van der Waals surface area contributed by atoms with Crippen molar-refractivity contribution in [1.82, 2.24) is 4.90 Å². The van der Waals surface area contributed by atoms with E-state index in [0.717, 1.165) is 39.2 Å². The third-order valence-electron chi connectivity index (χ3n) is 5.65. The van der Waals surface area contributed by atoms with Crippen molar-refractivity contribution in [2.75, 3.05) is 13.7 Å². The molecule has 1 aliphatic heterocycles. The standard InChI is InChI=1S/C25H30ClNO4S/c1-31-24(30)10-4-2-3-7-17-27-18(12-16-23(27)29)11-13-19(28)14-15-22-25(26)20-8-5-6-9-21(20)32-22/h3,5-9,11,13,18-19,28H,2,4,10,12,14-17H2,1H3/t18-,19?/m0/s1. The SMILES string of the molecule is COC(=O)CCCC=CCN1C(=O)CC[C@@H]1C=CC(O)CCc1sc2ccccc2c1Cl. The van der Waals surface area contributed by atoms with Crippen LogP contribution in [-0.4, -0.2) is 47.7 Å². The number of likely N-dealkylation sites (tertiary alicyclic amines) is 1. The van der Waals surface area contributed by atoms with E-state index in [0.29, 0.717) is 32.2 Å². The summed E-state index contributed by atoms with van der Waals surface area (Å²) in [5, 5.41) is 12.3. The number of esters is 1. The molecule has 172 valence electrons. The first-order chi connectivity index (χ1) is 15.5. The van der Waals surface area contributed by atoms with Crippen LogP contribution in [-0.2, 0) is 20.7 Å². The second kappa shape index (κ2) is 12.2. The van der Waals surface area contributed by atoms with Gasteiger partial charge in [0.05, 0.1) is 24.3 Å². The molecule has 1 saturated heterocycles. The van der Waals surface area contributed by atoms with Crippen molar-refractivity contribution in [2.24, 2.45) is 0 Å². The molecule has 2 atom stereocenters. The molecule has 1 unspecified atom stereocenters. The fourth-order valence-corrected chi connectivity index (χ4v) is 5.37. The van der Waals surface area contributed by atoms with E-state index >= 15 is 0 Å². The van der Waals surface area contributed by atoms with Crippen LogP contribution in [0.15, 0.2) is 48.6 Å². The highest BCUT2D eigenvalue weighted by Gasteiger charge is 2.28. The number of carbonyl (C=O) groups excluding carboxylic acids is 2. The van der Waals surface area contributed by atoms with Crippen molar-refractivity contribution in [3.63, 3.8) is 0 Å². The highest BCUT2D eigenvalue weighted by molar-refractivity contribution is 7.19. The zero-order valence-corrected chi connectivity index (χ0v) is 19.9. The van der Waals surface area contributed by atoms with E-state index in [2.05, 4.69) is 10.8 Å². The third-order valence-corrected chi connectivity index (χ3v) is 7.42. The molecule has 1 amide bonds. The van der Waals surface area contributed by atoms with Gasteiger partial charge in [-0.3, -0.25) is 9.59 Å². The van der Waals surface area contributed by atoms with E-state index in [1.165, 1.54) is 7.11 Å². The molecular formula is C25H30ClNO4S. The summed E-state index contributed by atoms with van der Waals surface area (Å²) in [6.45, 7) is 0.541. The van der Waals surface area contributed by atoms with Crippen LogP contribution < -0.4 is 0 Å². The lowest BCUT2D eigenvalue weighted by molar-refractivity contribution is -0.140. The summed E-state index contributed by atoms with van der Waals surface area (Å²) in [7, 11) is 1.39. The zero-order valence-electron chi connectivity index (χ0n) is 18.3. The van der Waals surface area contributed by atoms with Gasteiger partial charge in [0.25, 0.3) is 0 Å². The van der Waals surface area contributed by atoms with Crippen LogP contribution in [0.5, 0.6) is 0 Å². The number of hydrogen-bond donors (Lipinski definition) is 1. The average molecular weight is 476 g/mol. The number of ether oxygens (including phenoxy) is 1. The summed E-state index contributed by atoms with van der Waals surface area (Å²) in [6.07, 6.45) is 11.6. The monoisotopic (exact) mass is 475 g/mol. The minimum atomic E-state index is -0.581. The lowest BCUT2D eigenvalue weighted by Crippen LogP contribution is -2.32. The van der Waals surface area contributed by atoms with E-state index in [1.807, 2.05) is 41.3 Å². The molecule has 2 heterocycles. The lowest BCUT2D eigenvalue weighted by Gasteiger charge is -2.21. The summed E-state index contributed by atoms with van der Waals surface area (Å²) in [6, 6.07) is 8.07. The van der Waals surface area contributed by atoms with Crippen LogP contribution in [0.1, 0.15) is 43.4 Å². The molecule has 0 radical (unpaired) electrons. The highest BCUT2D eigenvalue weighted by atomic mass is 35.5. The van der Waals surface area contributed by atoms with Gasteiger partial charge in [-0.2, -0.15) is 0 Å². The highest BCUT2D eigenvalue weighted by Crippen LogP contribution is 2.36. The van der Waals surface area contributed by atoms with Gasteiger partial charge in [-0.05, 0) is 38.2 Å². The fraction of sp³-hybridized carbons (Fsp3) is 0.440. The van der Waals surface area contributed by atoms with Gasteiger partial charge < -0.3 is 14.7 Å². The van der Waals surface area contributed by atoms with Gasteiger partial charge in [0, 0.05) is 34.3 Å². The maximum atomic E-state index is 12.2. The molecule has 1 aromatic carbocycles. The maximum absolute atomic E-state index is 12.2. The minimum Gasteiger partial charge on any atom is -0.469 e. The number of thiophene rings is 1. The van der Waals surface area contributed by atoms with E-state index in [4.69, 9.17) is 11.6 Å². The number of amides is 1. The van der Waals surface area contributed by atoms with Gasteiger partial charge in [0.1, 0.15) is 0 Å². The first-order valence-corrected chi connectivity index (χ1v) is 12.2. The number of allylic oxidation sites excluding steroid dienone is 1. The number of rotatable bonds is 11. The molecule has 2 aromatic rings. The smallest absolute Gasteiger partial charge is 0.305 e. The predicted octanol–water partition coefficient (Wildman–Crippen LogP) is 5.29. The van der Waals surface area contributed by atoms with Gasteiger partial charge in [0.15, 0.2) is 0 Å². The Balaban J connectivity index is 1.46. The number of aliphatic hydroxyl groups excluding tert-OH is 1. The topological polar surface area (TPSA) is 66.8 Å². The number of aryl methyl sites for hydroxylation is 1. The number of nitrogens with zero attached hydrogens (tertiary/aromatic N) is 1. The van der Waals surface area contributed by atoms with Gasteiger partial charge in [-0.15, -0.1) is 11.3 Å². The molecule has 0 aliphatic carbocycles. The van der Waals surface area contributed by atoms with E-state index < -0.39 is 6.10 Å². The van der Waals surface area contributed by atoms with Crippen molar-refractivity contribution < 1.29 is 19.4 Å². The van der Waals surface area contributed by atoms with Crippen molar-refractivity contribution in [3.05, 3.63) is 58.5 Å². The zero-order chi connectivity index (χ0) is 22.9. The number of unbranched alkanes of at least 4 members (excludes halogenated alkanes) is 1. The second-order valence-electron chi connectivity index (χ2n) is 7.92. The Bertz CT molecular complexity index is 983. The Morgan fingerprint density at radius 1 is 1.38 bits per heavy atom. The number of hydrogen-bond acceptors (Lipinski definition) is 5. The molecule has 5 nitrogen and oxygen atoms in total. The fourth-order valence-electron chi connectivity index (χ4n) is 3.82. The van der Waals surface area contributed by atoms with Crippen molar-refractivity contribution in [2.45, 2.75) is 57.1 Å². The molecule has 0 saturated carbocycles. The normalized spacial score (nSPS) is 17.8. The molecule has 1 fully saturated rings. The summed E-state index contributed by atoms with van der Waals surface area (Å²) >= 11 is 8.17. The molecule has 7 heteroatoms. The van der Waals surface area contributed by atoms with E-state index in [1.54, 1.807) is 17.4 Å². The summed E-state index contributed by atoms with van der Waals surface area (Å²) in [4.78, 5) is 26.3. The van der Waals surface area contributed by atoms with E-state index in [-0.39, 0.29) is 17.9 Å². The number of benzene rings is 1. The Hall–Kier alpha value is -2.15. The number of methoxy groups -OCH3 is 1. The maximum Gasteiger partial charge on any atom is 0.305 e. The van der Waals surface area contributed by atoms with Gasteiger partial charge in [0.2, 0.25) is 5.91 Å². The molecule has 32 heavy (non-hydrogen) atoms. The molecule has 1 aliphatic rings. The van der Waals surface area contributed by atoms with Gasteiger partial charge in [-0.1, -0.05) is 54.1 Å². The predicted molar refractivity (Wildman–Crippen MR) is 130 cm³/mol. The van der Waals surface area contributed by atoms with Crippen LogP contribution in [0.2, 0.25) is 5.02 Å². The number of fused-ring (bicyclic) bond motifs is 1. The summed E-state index contributed by atoms with van der Waals surface area (Å²) in [5.74, 6) is -0.0723. The summed E-state index contributed by atoms with van der Waals surface area (Å²) in [5.41, 5.74) is 0. The van der Waals surface area contributed by atoms with Crippen LogP contribution in [0, 0.1) is 0 Å². The number of carbonyl (C=O) groups is 2. The average Bonchev–Trinajstić information content (AvgIpc) is 3.32. The van der Waals surface area contributed by atoms with E-state index in [9.17, 15) is 14.7 Å². The van der Waals surface area contributed by atoms with Gasteiger partial charge in [-0.25, -0.2) is 0 Å². The molecule has 0 bridgehead atoms.